The first kappa shape index (κ1) is 19.7. The Balaban J connectivity index is 0.00000242. The van der Waals surface area contributed by atoms with E-state index in [1.54, 1.807) is 11.8 Å². The highest BCUT2D eigenvalue weighted by Gasteiger charge is 2.12. The summed E-state index contributed by atoms with van der Waals surface area (Å²) in [5.41, 5.74) is 0.182. The van der Waals surface area contributed by atoms with Gasteiger partial charge in [0.2, 0.25) is 5.88 Å². The molecule has 0 unspecified atom stereocenters. The molecule has 5 nitrogen and oxygen atoms in total. The fourth-order valence-corrected chi connectivity index (χ4v) is 3.68. The van der Waals surface area contributed by atoms with Gasteiger partial charge in [-0.25, -0.2) is 0 Å². The molecule has 2 rings (SSSR count). The average molecular weight is 366 g/mol. The van der Waals surface area contributed by atoms with Crippen molar-refractivity contribution in [2.24, 2.45) is 0 Å². The van der Waals surface area contributed by atoms with Gasteiger partial charge in [0.1, 0.15) is 0 Å². The third-order valence-electron chi connectivity index (χ3n) is 3.62. The number of nitrogens with one attached hydrogen (secondary N) is 1. The summed E-state index contributed by atoms with van der Waals surface area (Å²) in [6.07, 6.45) is 6.43. The van der Waals surface area contributed by atoms with Gasteiger partial charge in [0.25, 0.3) is 5.56 Å². The number of halogens is 1. The third-order valence-corrected chi connectivity index (χ3v) is 5.09. The number of rotatable bonds is 7. The fraction of sp³-hybridized carbons (Fsp3) is 0.714. The summed E-state index contributed by atoms with van der Waals surface area (Å²) in [7, 11) is 0. The van der Waals surface area contributed by atoms with Crippen LogP contribution in [0.2, 0.25) is 0 Å². The van der Waals surface area contributed by atoms with Gasteiger partial charge in [-0.1, -0.05) is 18.2 Å². The Hall–Kier alpha value is -0.370. The second kappa shape index (κ2) is 10.4. The van der Waals surface area contributed by atoms with Crippen LogP contribution in [0.3, 0.4) is 0 Å². The van der Waals surface area contributed by atoms with Gasteiger partial charge in [-0.2, -0.15) is 16.7 Å². The molecule has 2 N–H and O–H groups in total. The van der Waals surface area contributed by atoms with Crippen LogP contribution < -0.4 is 5.56 Å². The molecule has 1 saturated heterocycles. The zero-order valence-corrected chi connectivity index (χ0v) is 15.3. The summed E-state index contributed by atoms with van der Waals surface area (Å²) in [5, 5.41) is 10.4. The molecule has 1 aliphatic rings. The summed E-state index contributed by atoms with van der Waals surface area (Å²) in [4.78, 5) is 21.3. The predicted molar refractivity (Wildman–Crippen MR) is 96.9 cm³/mol. The monoisotopic (exact) mass is 365 g/mol. The number of H-pyrrole nitrogens is 1. The fourth-order valence-electron chi connectivity index (χ4n) is 2.42. The molecule has 0 saturated carbocycles. The highest BCUT2D eigenvalue weighted by molar-refractivity contribution is 7.99. The van der Waals surface area contributed by atoms with Crippen molar-refractivity contribution >= 4 is 35.9 Å². The second-order valence-electron chi connectivity index (χ2n) is 5.17. The Kier molecular flexibility index (Phi) is 9.31. The SMILES string of the molecule is CSCCc1c(O)nc(SCCN2CCCCC2)[nH]c1=O.Cl. The van der Waals surface area contributed by atoms with E-state index in [2.05, 4.69) is 14.9 Å². The van der Waals surface area contributed by atoms with E-state index in [9.17, 15) is 9.90 Å². The number of aromatic hydroxyl groups is 1. The molecule has 0 aromatic carbocycles. The zero-order chi connectivity index (χ0) is 15.1. The van der Waals surface area contributed by atoms with Gasteiger partial charge in [0, 0.05) is 12.3 Å². The Morgan fingerprint density at radius 1 is 1.27 bits per heavy atom. The molecule has 0 spiro atoms. The lowest BCUT2D eigenvalue weighted by molar-refractivity contribution is 0.242. The Bertz CT molecular complexity index is 507. The van der Waals surface area contributed by atoms with Crippen molar-refractivity contribution in [2.75, 3.05) is 37.4 Å². The number of nitrogens with zero attached hydrogens (tertiary/aromatic N) is 2. The Morgan fingerprint density at radius 2 is 2.00 bits per heavy atom. The molecule has 0 bridgehead atoms. The molecule has 0 aliphatic carbocycles. The van der Waals surface area contributed by atoms with Gasteiger partial charge < -0.3 is 15.0 Å². The summed E-state index contributed by atoms with van der Waals surface area (Å²) in [5.74, 6) is 1.57. The molecule has 2 heterocycles. The lowest BCUT2D eigenvalue weighted by Crippen LogP contribution is -2.31. The molecule has 0 atom stereocenters. The normalized spacial score (nSPS) is 15.5. The van der Waals surface area contributed by atoms with Crippen molar-refractivity contribution in [3.05, 3.63) is 15.9 Å². The van der Waals surface area contributed by atoms with Gasteiger partial charge in [0.15, 0.2) is 5.16 Å². The van der Waals surface area contributed by atoms with Gasteiger partial charge in [-0.05, 0) is 44.4 Å². The Morgan fingerprint density at radius 3 is 2.64 bits per heavy atom. The quantitative estimate of drug-likeness (QED) is 0.571. The minimum Gasteiger partial charge on any atom is -0.493 e. The van der Waals surface area contributed by atoms with Gasteiger partial charge in [-0.3, -0.25) is 4.79 Å². The molecule has 0 radical (unpaired) electrons. The van der Waals surface area contributed by atoms with Crippen molar-refractivity contribution in [1.29, 1.82) is 0 Å². The van der Waals surface area contributed by atoms with Crippen LogP contribution in [-0.4, -0.2) is 57.4 Å². The zero-order valence-electron chi connectivity index (χ0n) is 12.8. The average Bonchev–Trinajstić information content (AvgIpc) is 2.48. The highest BCUT2D eigenvalue weighted by Crippen LogP contribution is 2.18. The summed E-state index contributed by atoms with van der Waals surface area (Å²) in [6, 6.07) is 0. The van der Waals surface area contributed by atoms with Crippen LogP contribution >= 0.6 is 35.9 Å². The van der Waals surface area contributed by atoms with Crippen LogP contribution in [0.15, 0.2) is 9.95 Å². The maximum atomic E-state index is 11.9. The Labute approximate surface area is 146 Å². The van der Waals surface area contributed by atoms with Crippen molar-refractivity contribution in [2.45, 2.75) is 30.8 Å². The number of hydrogen-bond donors (Lipinski definition) is 2. The predicted octanol–water partition coefficient (Wildman–Crippen LogP) is 2.38. The minimum absolute atomic E-state index is 0. The van der Waals surface area contributed by atoms with E-state index in [0.717, 1.165) is 18.1 Å². The van der Waals surface area contributed by atoms with Crippen molar-refractivity contribution in [3.8, 4) is 5.88 Å². The molecule has 1 fully saturated rings. The van der Waals surface area contributed by atoms with Gasteiger partial charge in [-0.15, -0.1) is 12.4 Å². The molecule has 1 aliphatic heterocycles. The highest BCUT2D eigenvalue weighted by atomic mass is 35.5. The first-order chi connectivity index (χ1) is 10.2. The molecule has 8 heteroatoms. The number of aromatic nitrogens is 2. The van der Waals surface area contributed by atoms with E-state index < -0.39 is 0 Å². The first-order valence-electron chi connectivity index (χ1n) is 7.37. The van der Waals surface area contributed by atoms with Crippen LogP contribution in [0, 0.1) is 0 Å². The number of hydrogen-bond acceptors (Lipinski definition) is 6. The van der Waals surface area contributed by atoms with Crippen LogP contribution in [0.25, 0.3) is 0 Å². The van der Waals surface area contributed by atoms with Gasteiger partial charge in [0.05, 0.1) is 5.56 Å². The van der Waals surface area contributed by atoms with Gasteiger partial charge >= 0.3 is 0 Å². The molecule has 1 aromatic rings. The summed E-state index contributed by atoms with van der Waals surface area (Å²) >= 11 is 3.15. The number of likely N-dealkylation sites (tertiary alicyclic amines) is 1. The molecular formula is C14H24ClN3O2S2. The van der Waals surface area contributed by atoms with Crippen LogP contribution in [-0.2, 0) is 6.42 Å². The largest absolute Gasteiger partial charge is 0.493 e. The number of piperidine rings is 1. The molecule has 126 valence electrons. The molecule has 0 amide bonds. The lowest BCUT2D eigenvalue weighted by Gasteiger charge is -2.25. The van der Waals surface area contributed by atoms with E-state index >= 15 is 0 Å². The second-order valence-corrected chi connectivity index (χ2v) is 7.24. The molecule has 1 aromatic heterocycles. The molecular weight excluding hydrogens is 342 g/mol. The van der Waals surface area contributed by atoms with Crippen LogP contribution in [0.4, 0.5) is 0 Å². The van der Waals surface area contributed by atoms with E-state index in [4.69, 9.17) is 0 Å². The topological polar surface area (TPSA) is 69.2 Å². The van der Waals surface area contributed by atoms with Crippen LogP contribution in [0.1, 0.15) is 24.8 Å². The maximum absolute atomic E-state index is 11.9. The third kappa shape index (κ3) is 6.02. The van der Waals surface area contributed by atoms with E-state index in [1.165, 1.54) is 44.1 Å². The maximum Gasteiger partial charge on any atom is 0.258 e. The lowest BCUT2D eigenvalue weighted by atomic mass is 10.1. The summed E-state index contributed by atoms with van der Waals surface area (Å²) in [6.45, 7) is 3.34. The minimum atomic E-state index is -0.211. The van der Waals surface area contributed by atoms with E-state index in [0.29, 0.717) is 17.1 Å². The van der Waals surface area contributed by atoms with E-state index in [1.807, 2.05) is 6.26 Å². The molecule has 22 heavy (non-hydrogen) atoms. The van der Waals surface area contributed by atoms with Crippen molar-refractivity contribution in [1.82, 2.24) is 14.9 Å². The first-order valence-corrected chi connectivity index (χ1v) is 9.75. The van der Waals surface area contributed by atoms with E-state index in [-0.39, 0.29) is 23.8 Å². The van der Waals surface area contributed by atoms with Crippen LogP contribution in [0.5, 0.6) is 5.88 Å². The van der Waals surface area contributed by atoms with Crippen molar-refractivity contribution in [3.63, 3.8) is 0 Å². The summed E-state index contributed by atoms with van der Waals surface area (Å²) < 4.78 is 0. The number of aromatic amines is 1. The van der Waals surface area contributed by atoms with Crippen molar-refractivity contribution < 1.29 is 5.11 Å². The smallest absolute Gasteiger partial charge is 0.258 e. The number of thioether (sulfide) groups is 2. The standard InChI is InChI=1S/C14H23N3O2S2.ClH/c1-20-9-5-11-12(18)15-14(16-13(11)19)21-10-8-17-6-3-2-4-7-17;/h2-10H2,1H3,(H2,15,16,18,19);1H.